The molecule has 1 aromatic rings. The predicted octanol–water partition coefficient (Wildman–Crippen LogP) is 3.37. The highest BCUT2D eigenvalue weighted by atomic mass is 79.9. The molecule has 1 aromatic heterocycles. The molecule has 0 saturated heterocycles. The second kappa shape index (κ2) is 7.24. The number of thiophene rings is 1. The van der Waals surface area contributed by atoms with Crippen LogP contribution in [0.1, 0.15) is 11.8 Å². The molecular weight excluding hydrogens is 330 g/mol. The molecule has 2 atom stereocenters. The van der Waals surface area contributed by atoms with E-state index in [9.17, 15) is 0 Å². The summed E-state index contributed by atoms with van der Waals surface area (Å²) in [4.78, 5) is 1.20. The normalized spacial score (nSPS) is 15.1. The minimum atomic E-state index is 0.199. The van der Waals surface area contributed by atoms with Crippen LogP contribution in [-0.4, -0.2) is 29.3 Å². The number of nitrogens with one attached hydrogen (secondary N) is 1. The summed E-state index contributed by atoms with van der Waals surface area (Å²) in [5.74, 6) is 0. The summed E-state index contributed by atoms with van der Waals surface area (Å²) in [5, 5.41) is 12.8. The molecule has 92 valence electrons. The van der Waals surface area contributed by atoms with Crippen LogP contribution in [0.15, 0.2) is 10.5 Å². The summed E-state index contributed by atoms with van der Waals surface area (Å²) in [6, 6.07) is 2.30. The highest BCUT2D eigenvalue weighted by molar-refractivity contribution is 9.10. The molecule has 2 nitrogen and oxygen atoms in total. The first-order valence-electron chi connectivity index (χ1n) is 4.89. The van der Waals surface area contributed by atoms with Crippen LogP contribution in [0.4, 0.5) is 0 Å². The van der Waals surface area contributed by atoms with Gasteiger partial charge in [0.1, 0.15) is 4.34 Å². The van der Waals surface area contributed by atoms with Crippen LogP contribution >= 0.6 is 50.6 Å². The van der Waals surface area contributed by atoms with Crippen LogP contribution in [0, 0.1) is 0 Å². The van der Waals surface area contributed by atoms with Crippen LogP contribution in [0.5, 0.6) is 0 Å². The van der Waals surface area contributed by atoms with Gasteiger partial charge >= 0.3 is 0 Å². The van der Waals surface area contributed by atoms with Gasteiger partial charge in [0.15, 0.2) is 0 Å². The monoisotopic (exact) mass is 343 g/mol. The van der Waals surface area contributed by atoms with E-state index in [2.05, 4.69) is 28.2 Å². The molecule has 0 radical (unpaired) electrons. The fraction of sp³-hybridized carbons (Fsp3) is 0.600. The summed E-state index contributed by atoms with van der Waals surface area (Å²) in [5.41, 5.74) is 0. The third-order valence-corrected chi connectivity index (χ3v) is 5.97. The van der Waals surface area contributed by atoms with Crippen molar-refractivity contribution in [1.82, 2.24) is 5.32 Å². The molecule has 1 rings (SSSR count). The van der Waals surface area contributed by atoms with E-state index in [4.69, 9.17) is 16.7 Å². The lowest BCUT2D eigenvalue weighted by atomic mass is 10.2. The molecule has 6 heteroatoms. The van der Waals surface area contributed by atoms with E-state index in [1.807, 2.05) is 12.3 Å². The van der Waals surface area contributed by atoms with E-state index in [-0.39, 0.29) is 17.9 Å². The largest absolute Gasteiger partial charge is 0.395 e. The van der Waals surface area contributed by atoms with Crippen LogP contribution < -0.4 is 5.32 Å². The summed E-state index contributed by atoms with van der Waals surface area (Å²) < 4.78 is 1.74. The number of hydrogen-bond acceptors (Lipinski definition) is 4. The Morgan fingerprint density at radius 3 is 2.81 bits per heavy atom. The van der Waals surface area contributed by atoms with E-state index >= 15 is 0 Å². The summed E-state index contributed by atoms with van der Waals surface area (Å²) in [7, 11) is 0. The maximum absolute atomic E-state index is 9.16. The van der Waals surface area contributed by atoms with Crippen molar-refractivity contribution in [3.63, 3.8) is 0 Å². The third-order valence-electron chi connectivity index (χ3n) is 2.33. The van der Waals surface area contributed by atoms with Gasteiger partial charge < -0.3 is 10.4 Å². The zero-order valence-electron chi connectivity index (χ0n) is 9.17. The number of halogens is 2. The first-order valence-corrected chi connectivity index (χ1v) is 8.16. The van der Waals surface area contributed by atoms with Gasteiger partial charge in [0, 0.05) is 27.2 Å². The zero-order valence-corrected chi connectivity index (χ0v) is 13.1. The number of aliphatic hydroxyl groups is 1. The van der Waals surface area contributed by atoms with Gasteiger partial charge in [-0.05, 0) is 35.2 Å². The maximum atomic E-state index is 9.16. The highest BCUT2D eigenvalue weighted by Gasteiger charge is 2.15. The van der Waals surface area contributed by atoms with E-state index < -0.39 is 0 Å². The van der Waals surface area contributed by atoms with E-state index in [1.165, 1.54) is 4.88 Å². The summed E-state index contributed by atoms with van der Waals surface area (Å²) >= 11 is 12.6. The number of thioether (sulfide) groups is 1. The Morgan fingerprint density at radius 1 is 1.69 bits per heavy atom. The van der Waals surface area contributed by atoms with Crippen LogP contribution in [0.25, 0.3) is 0 Å². The lowest BCUT2D eigenvalue weighted by Gasteiger charge is -2.20. The van der Waals surface area contributed by atoms with Gasteiger partial charge in [-0.2, -0.15) is 11.8 Å². The molecule has 0 amide bonds. The number of rotatable bonds is 6. The molecule has 0 aromatic carbocycles. The summed E-state index contributed by atoms with van der Waals surface area (Å²) in [6.07, 6.45) is 2.01. The smallest absolute Gasteiger partial charge is 0.107 e. The topological polar surface area (TPSA) is 32.3 Å². The van der Waals surface area contributed by atoms with Crippen molar-refractivity contribution >= 4 is 50.6 Å². The van der Waals surface area contributed by atoms with Crippen molar-refractivity contribution in [3.05, 3.63) is 19.8 Å². The van der Waals surface area contributed by atoms with Crippen molar-refractivity contribution in [3.8, 4) is 0 Å². The molecule has 0 spiro atoms. The van der Waals surface area contributed by atoms with Crippen molar-refractivity contribution in [1.29, 1.82) is 0 Å². The lowest BCUT2D eigenvalue weighted by molar-refractivity contribution is 0.276. The Bertz CT molecular complexity index is 311. The Kier molecular flexibility index (Phi) is 6.69. The molecule has 0 fully saturated rings. The average Bonchev–Trinajstić information content (AvgIpc) is 2.57. The molecule has 2 unspecified atom stereocenters. The number of aliphatic hydroxyl groups excluding tert-OH is 1. The Balaban J connectivity index is 2.45. The zero-order chi connectivity index (χ0) is 12.1. The lowest BCUT2D eigenvalue weighted by Crippen LogP contribution is -2.36. The Morgan fingerprint density at radius 2 is 2.38 bits per heavy atom. The van der Waals surface area contributed by atoms with Crippen molar-refractivity contribution in [2.75, 3.05) is 12.9 Å². The summed E-state index contributed by atoms with van der Waals surface area (Å²) in [6.45, 7) is 3.07. The van der Waals surface area contributed by atoms with Gasteiger partial charge in [0.2, 0.25) is 0 Å². The first kappa shape index (κ1) is 14.8. The average molecular weight is 345 g/mol. The SMILES string of the molecule is CSC(CO)C(C)NCc1cc(Br)c(Cl)s1. The molecule has 0 bridgehead atoms. The van der Waals surface area contributed by atoms with E-state index in [1.54, 1.807) is 23.1 Å². The van der Waals surface area contributed by atoms with E-state index in [0.717, 1.165) is 15.4 Å². The molecular formula is C10H15BrClNOS2. The fourth-order valence-corrected chi connectivity index (χ4v) is 3.70. The first-order chi connectivity index (χ1) is 7.58. The minimum absolute atomic E-state index is 0.199. The van der Waals surface area contributed by atoms with Crippen molar-refractivity contribution in [2.45, 2.75) is 24.8 Å². The second-order valence-corrected chi connectivity index (χ2v) is 7.13. The van der Waals surface area contributed by atoms with Gasteiger partial charge in [0.05, 0.1) is 6.61 Å². The molecule has 0 saturated carbocycles. The van der Waals surface area contributed by atoms with Gasteiger partial charge in [-0.1, -0.05) is 11.6 Å². The van der Waals surface area contributed by atoms with Gasteiger partial charge in [0.25, 0.3) is 0 Å². The molecule has 1 heterocycles. The minimum Gasteiger partial charge on any atom is -0.395 e. The second-order valence-electron chi connectivity index (χ2n) is 3.46. The molecule has 0 aliphatic rings. The number of hydrogen-bond donors (Lipinski definition) is 2. The quantitative estimate of drug-likeness (QED) is 0.830. The van der Waals surface area contributed by atoms with Crippen molar-refractivity contribution in [2.24, 2.45) is 0 Å². The third kappa shape index (κ3) is 4.20. The predicted molar refractivity (Wildman–Crippen MR) is 77.7 cm³/mol. The maximum Gasteiger partial charge on any atom is 0.107 e. The van der Waals surface area contributed by atoms with Crippen molar-refractivity contribution < 1.29 is 5.11 Å². The highest BCUT2D eigenvalue weighted by Crippen LogP contribution is 2.31. The van der Waals surface area contributed by atoms with Crippen LogP contribution in [-0.2, 0) is 6.54 Å². The van der Waals surface area contributed by atoms with Crippen LogP contribution in [0.3, 0.4) is 0 Å². The Labute approximate surface area is 118 Å². The van der Waals surface area contributed by atoms with Gasteiger partial charge in [-0.15, -0.1) is 11.3 Å². The van der Waals surface area contributed by atoms with Crippen LogP contribution in [0.2, 0.25) is 4.34 Å². The molecule has 2 N–H and O–H groups in total. The van der Waals surface area contributed by atoms with Gasteiger partial charge in [-0.3, -0.25) is 0 Å². The standard InChI is InChI=1S/C10H15BrClNOS2/c1-6(9(5-14)15-2)13-4-7-3-8(11)10(12)16-7/h3,6,9,13-14H,4-5H2,1-2H3. The molecule has 16 heavy (non-hydrogen) atoms. The van der Waals surface area contributed by atoms with E-state index in [0.29, 0.717) is 0 Å². The van der Waals surface area contributed by atoms with Gasteiger partial charge in [-0.25, -0.2) is 0 Å². The fourth-order valence-electron chi connectivity index (χ4n) is 1.31. The molecule has 0 aliphatic carbocycles. The molecule has 0 aliphatic heterocycles. The Hall–Kier alpha value is 0.740.